The Labute approximate surface area is 127 Å². The van der Waals surface area contributed by atoms with E-state index in [9.17, 15) is 4.79 Å². The molecule has 2 atom stereocenters. The van der Waals surface area contributed by atoms with E-state index in [1.165, 1.54) is 0 Å². The van der Waals surface area contributed by atoms with Crippen LogP contribution in [0, 0.1) is 5.92 Å². The summed E-state index contributed by atoms with van der Waals surface area (Å²) in [6.07, 6.45) is 5.59. The molecule has 3 nitrogen and oxygen atoms in total. The number of carbonyl (C=O) groups is 1. The highest BCUT2D eigenvalue weighted by Gasteiger charge is 2.29. The van der Waals surface area contributed by atoms with Gasteiger partial charge in [0.05, 0.1) is 5.92 Å². The maximum absolute atomic E-state index is 13.0. The number of rotatable bonds is 7. The first-order valence-corrected chi connectivity index (χ1v) is 7.79. The van der Waals surface area contributed by atoms with E-state index in [2.05, 4.69) is 25.8 Å². The number of hydrogen-bond donors (Lipinski definition) is 0. The monoisotopic (exact) mass is 284 g/mol. The molecule has 0 spiro atoms. The Hall–Kier alpha value is -1.90. The Bertz CT molecular complexity index is 574. The van der Waals surface area contributed by atoms with Crippen molar-refractivity contribution in [3.8, 4) is 0 Å². The lowest BCUT2D eigenvalue weighted by Gasteiger charge is -2.22. The van der Waals surface area contributed by atoms with Crippen molar-refractivity contribution in [2.24, 2.45) is 5.92 Å². The predicted molar refractivity (Wildman–Crippen MR) is 85.5 cm³/mol. The van der Waals surface area contributed by atoms with E-state index in [4.69, 9.17) is 0 Å². The third-order valence-electron chi connectivity index (χ3n) is 4.05. The van der Waals surface area contributed by atoms with Crippen LogP contribution >= 0.6 is 0 Å². The van der Waals surface area contributed by atoms with E-state index < -0.39 is 0 Å². The van der Waals surface area contributed by atoms with Crippen molar-refractivity contribution in [2.45, 2.75) is 46.1 Å². The molecular formula is C18H24N2O. The highest BCUT2D eigenvalue weighted by Crippen LogP contribution is 2.30. The van der Waals surface area contributed by atoms with Crippen molar-refractivity contribution in [1.29, 1.82) is 0 Å². The molecule has 0 saturated carbocycles. The number of benzene rings is 1. The van der Waals surface area contributed by atoms with E-state index >= 15 is 0 Å². The lowest BCUT2D eigenvalue weighted by molar-refractivity contribution is 0.0917. The van der Waals surface area contributed by atoms with E-state index in [1.807, 2.05) is 41.1 Å². The average molecular weight is 284 g/mol. The van der Waals surface area contributed by atoms with Gasteiger partial charge in [0.1, 0.15) is 0 Å². The van der Waals surface area contributed by atoms with Crippen molar-refractivity contribution < 1.29 is 4.79 Å². The summed E-state index contributed by atoms with van der Waals surface area (Å²) in [5, 5.41) is 0. The molecule has 0 aliphatic rings. The Balaban J connectivity index is 2.37. The number of nitrogens with zero attached hydrogens (tertiary/aromatic N) is 2. The first-order chi connectivity index (χ1) is 10.2. The van der Waals surface area contributed by atoms with Crippen LogP contribution in [-0.2, 0) is 6.54 Å². The van der Waals surface area contributed by atoms with Crippen LogP contribution in [0.2, 0.25) is 0 Å². The Morgan fingerprint density at radius 3 is 2.57 bits per heavy atom. The molecule has 2 unspecified atom stereocenters. The molecule has 0 amide bonds. The molecule has 1 aromatic heterocycles. The highest BCUT2D eigenvalue weighted by molar-refractivity contribution is 5.98. The van der Waals surface area contributed by atoms with Gasteiger partial charge >= 0.3 is 0 Å². The fourth-order valence-electron chi connectivity index (χ4n) is 2.73. The molecule has 21 heavy (non-hydrogen) atoms. The Kier molecular flexibility index (Phi) is 5.32. The van der Waals surface area contributed by atoms with Crippen LogP contribution in [0.4, 0.5) is 0 Å². The molecule has 1 heterocycles. The van der Waals surface area contributed by atoms with E-state index in [-0.39, 0.29) is 11.7 Å². The van der Waals surface area contributed by atoms with Gasteiger partial charge in [-0.05, 0) is 17.9 Å². The molecule has 2 aromatic rings. The first-order valence-electron chi connectivity index (χ1n) is 7.79. The van der Waals surface area contributed by atoms with Gasteiger partial charge < -0.3 is 4.57 Å². The zero-order valence-electron chi connectivity index (χ0n) is 13.1. The number of hydrogen-bond acceptors (Lipinski definition) is 2. The summed E-state index contributed by atoms with van der Waals surface area (Å²) < 4.78 is 1.97. The molecule has 0 saturated heterocycles. The Morgan fingerprint density at radius 2 is 1.95 bits per heavy atom. The summed E-state index contributed by atoms with van der Waals surface area (Å²) in [4.78, 5) is 17.3. The fourth-order valence-corrected chi connectivity index (χ4v) is 2.73. The maximum atomic E-state index is 13.0. The van der Waals surface area contributed by atoms with Gasteiger partial charge in [-0.25, -0.2) is 4.98 Å². The summed E-state index contributed by atoms with van der Waals surface area (Å²) in [6, 6.07) is 10.1. The first kappa shape index (κ1) is 15.5. The van der Waals surface area contributed by atoms with Crippen molar-refractivity contribution in [2.75, 3.05) is 0 Å². The summed E-state index contributed by atoms with van der Waals surface area (Å²) in [5.41, 5.74) is 1.09. The van der Waals surface area contributed by atoms with Gasteiger partial charge in [-0.3, -0.25) is 4.79 Å². The second-order valence-corrected chi connectivity index (χ2v) is 5.58. The van der Waals surface area contributed by atoms with Crippen LogP contribution in [-0.4, -0.2) is 15.3 Å². The van der Waals surface area contributed by atoms with Gasteiger partial charge in [-0.1, -0.05) is 57.5 Å². The standard InChI is InChI=1S/C18H24N2O/c1-4-12-20-13-11-19-18(20)17(21)16(14(3)5-2)15-9-7-6-8-10-15/h6-11,13-14,16H,4-5,12H2,1-3H3. The number of aromatic nitrogens is 2. The van der Waals surface area contributed by atoms with Gasteiger partial charge in [0.2, 0.25) is 5.78 Å². The minimum Gasteiger partial charge on any atom is -0.329 e. The molecule has 0 radical (unpaired) electrons. The van der Waals surface area contributed by atoms with Gasteiger partial charge in [0.25, 0.3) is 0 Å². The maximum Gasteiger partial charge on any atom is 0.205 e. The number of carbonyl (C=O) groups excluding carboxylic acids is 1. The summed E-state index contributed by atoms with van der Waals surface area (Å²) in [7, 11) is 0. The third-order valence-corrected chi connectivity index (χ3v) is 4.05. The van der Waals surface area contributed by atoms with Crippen molar-refractivity contribution in [1.82, 2.24) is 9.55 Å². The smallest absolute Gasteiger partial charge is 0.205 e. The number of ketones is 1. The lowest BCUT2D eigenvalue weighted by Crippen LogP contribution is -2.23. The van der Waals surface area contributed by atoms with Crippen LogP contribution < -0.4 is 0 Å². The number of imidazole rings is 1. The topological polar surface area (TPSA) is 34.9 Å². The normalized spacial score (nSPS) is 13.9. The van der Waals surface area contributed by atoms with E-state index in [1.54, 1.807) is 6.20 Å². The quantitative estimate of drug-likeness (QED) is 0.710. The van der Waals surface area contributed by atoms with Crippen LogP contribution in [0.3, 0.4) is 0 Å². The molecule has 0 fully saturated rings. The number of Topliss-reactive ketones (excluding diaryl/α,β-unsaturated/α-hetero) is 1. The predicted octanol–water partition coefficient (Wildman–Crippen LogP) is 4.31. The molecule has 1 aromatic carbocycles. The van der Waals surface area contributed by atoms with Gasteiger partial charge in [0, 0.05) is 18.9 Å². The van der Waals surface area contributed by atoms with E-state index in [0.717, 1.165) is 24.9 Å². The van der Waals surface area contributed by atoms with Crippen LogP contribution in [0.25, 0.3) is 0 Å². The minimum absolute atomic E-state index is 0.116. The highest BCUT2D eigenvalue weighted by atomic mass is 16.1. The molecular weight excluding hydrogens is 260 g/mol. The summed E-state index contributed by atoms with van der Waals surface area (Å²) in [6.45, 7) is 7.22. The molecule has 3 heteroatoms. The largest absolute Gasteiger partial charge is 0.329 e. The minimum atomic E-state index is -0.116. The molecule has 0 aliphatic carbocycles. The van der Waals surface area contributed by atoms with Crippen LogP contribution in [0.1, 0.15) is 55.7 Å². The van der Waals surface area contributed by atoms with Gasteiger partial charge in [-0.15, -0.1) is 0 Å². The van der Waals surface area contributed by atoms with E-state index in [0.29, 0.717) is 11.7 Å². The Morgan fingerprint density at radius 1 is 1.24 bits per heavy atom. The van der Waals surface area contributed by atoms with Crippen molar-refractivity contribution in [3.05, 3.63) is 54.1 Å². The molecule has 0 aliphatic heterocycles. The second kappa shape index (κ2) is 7.21. The second-order valence-electron chi connectivity index (χ2n) is 5.58. The van der Waals surface area contributed by atoms with Gasteiger partial charge in [0.15, 0.2) is 5.82 Å². The van der Waals surface area contributed by atoms with Crippen molar-refractivity contribution >= 4 is 5.78 Å². The summed E-state index contributed by atoms with van der Waals surface area (Å²) in [5.74, 6) is 0.904. The average Bonchev–Trinajstić information content (AvgIpc) is 2.97. The van der Waals surface area contributed by atoms with Crippen molar-refractivity contribution in [3.63, 3.8) is 0 Å². The fraction of sp³-hybridized carbons (Fsp3) is 0.444. The van der Waals surface area contributed by atoms with Crippen LogP contribution in [0.5, 0.6) is 0 Å². The van der Waals surface area contributed by atoms with Gasteiger partial charge in [-0.2, -0.15) is 0 Å². The van der Waals surface area contributed by atoms with Crippen LogP contribution in [0.15, 0.2) is 42.7 Å². The zero-order valence-corrected chi connectivity index (χ0v) is 13.1. The lowest BCUT2D eigenvalue weighted by atomic mass is 9.82. The molecule has 112 valence electrons. The zero-order chi connectivity index (χ0) is 15.2. The number of aryl methyl sites for hydroxylation is 1. The summed E-state index contributed by atoms with van der Waals surface area (Å²) >= 11 is 0. The molecule has 0 bridgehead atoms. The third kappa shape index (κ3) is 3.41. The molecule has 2 rings (SSSR count). The molecule has 0 N–H and O–H groups in total. The SMILES string of the molecule is CCCn1ccnc1C(=O)C(c1ccccc1)C(C)CC.